The van der Waals surface area contributed by atoms with Crippen molar-refractivity contribution in [1.29, 1.82) is 0 Å². The number of amides is 2. The second-order valence-corrected chi connectivity index (χ2v) is 7.13. The van der Waals surface area contributed by atoms with Gasteiger partial charge in [0.15, 0.2) is 0 Å². The van der Waals surface area contributed by atoms with Gasteiger partial charge in [0.25, 0.3) is 0 Å². The number of hydrogen-bond acceptors (Lipinski definition) is 5. The molecule has 0 aliphatic heterocycles. The zero-order chi connectivity index (χ0) is 19.6. The summed E-state index contributed by atoms with van der Waals surface area (Å²) in [6, 6.07) is 12.6. The van der Waals surface area contributed by atoms with Crippen molar-refractivity contribution in [3.8, 4) is 0 Å². The minimum atomic E-state index is -1.08. The molecular formula is C18H20ClN5O3S. The van der Waals surface area contributed by atoms with Gasteiger partial charge in [0.05, 0.1) is 17.1 Å². The quantitative estimate of drug-likeness (QED) is 0.499. The van der Waals surface area contributed by atoms with Crippen LogP contribution in [0.3, 0.4) is 0 Å². The average Bonchev–Trinajstić information content (AvgIpc) is 3.05. The number of H-pyrrole nitrogens is 1. The molecule has 0 aliphatic rings. The fraction of sp³-hybridized carbons (Fsp3) is 0.167. The molecule has 148 valence electrons. The number of carbonyl (C=O) groups excluding carboxylic acids is 1. The number of aromatic nitrogens is 2. The van der Waals surface area contributed by atoms with E-state index in [2.05, 4.69) is 15.3 Å². The molecule has 3 rings (SSSR count). The van der Waals surface area contributed by atoms with Crippen molar-refractivity contribution in [1.82, 2.24) is 9.97 Å². The molecule has 5 N–H and O–H groups in total. The number of nitrogens with zero attached hydrogens (tertiary/aromatic N) is 2. The summed E-state index contributed by atoms with van der Waals surface area (Å²) >= 11 is 1.55. The first-order valence-corrected chi connectivity index (χ1v) is 8.96. The number of hydrogen-bond donors (Lipinski definition) is 4. The van der Waals surface area contributed by atoms with Crippen LogP contribution >= 0.6 is 24.2 Å². The van der Waals surface area contributed by atoms with E-state index in [4.69, 9.17) is 10.8 Å². The van der Waals surface area contributed by atoms with Crippen LogP contribution in [0.1, 0.15) is 6.92 Å². The fourth-order valence-electron chi connectivity index (χ4n) is 2.29. The minimum Gasteiger partial charge on any atom is -0.465 e. The lowest BCUT2D eigenvalue weighted by Crippen LogP contribution is -2.32. The van der Waals surface area contributed by atoms with Crippen LogP contribution in [0.15, 0.2) is 52.3 Å². The third-order valence-corrected chi connectivity index (χ3v) is 4.81. The molecule has 2 aromatic carbocycles. The number of halogens is 1. The SMILES string of the molecule is C[C@H](N)C(=O)Nc1ccc(Sc2ccc3nc(N(C)C(=O)O)[nH]c3c2)cc1.Cl. The number of carbonyl (C=O) groups is 2. The Kier molecular flexibility index (Phi) is 6.90. The van der Waals surface area contributed by atoms with Crippen LogP contribution in [0, 0.1) is 0 Å². The summed E-state index contributed by atoms with van der Waals surface area (Å²) in [5.41, 5.74) is 7.67. The van der Waals surface area contributed by atoms with Crippen LogP contribution in [-0.2, 0) is 4.79 Å². The number of nitrogens with one attached hydrogen (secondary N) is 2. The van der Waals surface area contributed by atoms with Crippen molar-refractivity contribution in [3.63, 3.8) is 0 Å². The second-order valence-electron chi connectivity index (χ2n) is 5.99. The Morgan fingerprint density at radius 1 is 1.21 bits per heavy atom. The van der Waals surface area contributed by atoms with Crippen molar-refractivity contribution in [2.45, 2.75) is 22.8 Å². The summed E-state index contributed by atoms with van der Waals surface area (Å²) in [7, 11) is 1.43. The Morgan fingerprint density at radius 2 is 1.86 bits per heavy atom. The van der Waals surface area contributed by atoms with Gasteiger partial charge in [0.1, 0.15) is 0 Å². The smallest absolute Gasteiger partial charge is 0.413 e. The number of fused-ring (bicyclic) bond motifs is 1. The normalized spacial score (nSPS) is 11.5. The number of nitrogens with two attached hydrogens (primary N) is 1. The molecule has 0 bridgehead atoms. The van der Waals surface area contributed by atoms with Crippen LogP contribution in [0.5, 0.6) is 0 Å². The number of aromatic amines is 1. The van der Waals surface area contributed by atoms with E-state index in [1.807, 2.05) is 42.5 Å². The summed E-state index contributed by atoms with van der Waals surface area (Å²) in [5, 5.41) is 11.8. The van der Waals surface area contributed by atoms with Gasteiger partial charge in [-0.15, -0.1) is 12.4 Å². The van der Waals surface area contributed by atoms with E-state index >= 15 is 0 Å². The van der Waals surface area contributed by atoms with Gasteiger partial charge in [-0.05, 0) is 49.4 Å². The molecule has 8 nitrogen and oxygen atoms in total. The van der Waals surface area contributed by atoms with Gasteiger partial charge in [0, 0.05) is 22.5 Å². The number of anilines is 2. The molecule has 1 heterocycles. The maximum Gasteiger partial charge on any atom is 0.413 e. The fourth-order valence-corrected chi connectivity index (χ4v) is 3.14. The maximum atomic E-state index is 11.6. The predicted molar refractivity (Wildman–Crippen MR) is 113 cm³/mol. The molecule has 0 aliphatic carbocycles. The van der Waals surface area contributed by atoms with Gasteiger partial charge in [-0.1, -0.05) is 11.8 Å². The first kappa shape index (κ1) is 21.5. The molecule has 10 heteroatoms. The van der Waals surface area contributed by atoms with E-state index in [0.717, 1.165) is 20.2 Å². The molecule has 0 saturated heterocycles. The van der Waals surface area contributed by atoms with Gasteiger partial charge in [0.2, 0.25) is 11.9 Å². The summed E-state index contributed by atoms with van der Waals surface area (Å²) in [6.45, 7) is 1.63. The van der Waals surface area contributed by atoms with Gasteiger partial charge < -0.3 is 21.1 Å². The van der Waals surface area contributed by atoms with E-state index in [9.17, 15) is 9.59 Å². The molecule has 1 aromatic heterocycles. The van der Waals surface area contributed by atoms with Crippen LogP contribution < -0.4 is 16.0 Å². The van der Waals surface area contributed by atoms with Crippen molar-refractivity contribution >= 4 is 58.8 Å². The number of benzene rings is 2. The lowest BCUT2D eigenvalue weighted by Gasteiger charge is -2.08. The van der Waals surface area contributed by atoms with E-state index < -0.39 is 12.1 Å². The molecular weight excluding hydrogens is 402 g/mol. The van der Waals surface area contributed by atoms with Crippen molar-refractivity contribution < 1.29 is 14.7 Å². The topological polar surface area (TPSA) is 124 Å². The summed E-state index contributed by atoms with van der Waals surface area (Å²) in [6.07, 6.45) is -1.08. The Balaban J connectivity index is 0.00000280. The second kappa shape index (κ2) is 8.96. The molecule has 0 fully saturated rings. The van der Waals surface area contributed by atoms with Gasteiger partial charge in [-0.25, -0.2) is 9.78 Å². The largest absolute Gasteiger partial charge is 0.465 e. The summed E-state index contributed by atoms with van der Waals surface area (Å²) in [4.78, 5) is 32.9. The van der Waals surface area contributed by atoms with Gasteiger partial charge in [-0.3, -0.25) is 9.69 Å². The van der Waals surface area contributed by atoms with Crippen LogP contribution in [0.4, 0.5) is 16.4 Å². The molecule has 0 spiro atoms. The zero-order valence-electron chi connectivity index (χ0n) is 15.2. The Bertz CT molecular complexity index is 991. The van der Waals surface area contributed by atoms with E-state index in [1.54, 1.807) is 18.7 Å². The molecule has 3 aromatic rings. The average molecular weight is 422 g/mol. The van der Waals surface area contributed by atoms with E-state index in [0.29, 0.717) is 11.2 Å². The first-order chi connectivity index (χ1) is 12.8. The number of rotatable bonds is 5. The Hall–Kier alpha value is -2.75. The third kappa shape index (κ3) is 4.94. The highest BCUT2D eigenvalue weighted by Crippen LogP contribution is 2.31. The van der Waals surface area contributed by atoms with Crippen molar-refractivity contribution in [2.24, 2.45) is 5.73 Å². The molecule has 28 heavy (non-hydrogen) atoms. The summed E-state index contributed by atoms with van der Waals surface area (Å²) < 4.78 is 0. The van der Waals surface area contributed by atoms with Crippen LogP contribution in [-0.4, -0.2) is 40.2 Å². The lowest BCUT2D eigenvalue weighted by molar-refractivity contribution is -0.117. The minimum absolute atomic E-state index is 0. The number of carboxylic acid groups (broad SMARTS) is 1. The summed E-state index contributed by atoms with van der Waals surface area (Å²) in [5.74, 6) is 0.0381. The maximum absolute atomic E-state index is 11.6. The van der Waals surface area contributed by atoms with E-state index in [-0.39, 0.29) is 24.3 Å². The molecule has 0 unspecified atom stereocenters. The predicted octanol–water partition coefficient (Wildman–Crippen LogP) is 3.54. The molecule has 0 saturated carbocycles. The molecule has 0 radical (unpaired) electrons. The Morgan fingerprint density at radius 3 is 2.46 bits per heavy atom. The van der Waals surface area contributed by atoms with Crippen LogP contribution in [0.2, 0.25) is 0 Å². The van der Waals surface area contributed by atoms with Gasteiger partial charge >= 0.3 is 6.09 Å². The van der Waals surface area contributed by atoms with Gasteiger partial charge in [-0.2, -0.15) is 0 Å². The first-order valence-electron chi connectivity index (χ1n) is 8.14. The molecule has 2 amide bonds. The highest BCUT2D eigenvalue weighted by Gasteiger charge is 2.13. The molecule has 1 atom stereocenters. The standard InChI is InChI=1S/C18H19N5O3S.ClH/c1-10(19)16(24)20-11-3-5-12(6-4-11)27-13-7-8-14-15(9-13)22-17(21-14)23(2)18(25)26;/h3-10H,19H2,1-2H3,(H,20,24)(H,21,22)(H,25,26);1H/t10-;/m0./s1. The van der Waals surface area contributed by atoms with Crippen molar-refractivity contribution in [3.05, 3.63) is 42.5 Å². The third-order valence-electron chi connectivity index (χ3n) is 3.82. The highest BCUT2D eigenvalue weighted by atomic mass is 35.5. The Labute approximate surface area is 171 Å². The zero-order valence-corrected chi connectivity index (χ0v) is 16.8. The lowest BCUT2D eigenvalue weighted by atomic mass is 10.3. The van der Waals surface area contributed by atoms with E-state index in [1.165, 1.54) is 7.05 Å². The monoisotopic (exact) mass is 421 g/mol. The highest BCUT2D eigenvalue weighted by molar-refractivity contribution is 7.99. The number of imidazole rings is 1. The van der Waals surface area contributed by atoms with Crippen LogP contribution in [0.25, 0.3) is 11.0 Å². The van der Waals surface area contributed by atoms with Crippen molar-refractivity contribution in [2.75, 3.05) is 17.3 Å².